The Morgan fingerprint density at radius 2 is 1.67 bits per heavy atom. The molecule has 0 aliphatic carbocycles. The van der Waals surface area contributed by atoms with E-state index in [1.807, 2.05) is 0 Å². The van der Waals surface area contributed by atoms with Crippen LogP contribution in [-0.4, -0.2) is 31.5 Å². The Kier molecular flexibility index (Phi) is 5.35. The summed E-state index contributed by atoms with van der Waals surface area (Å²) in [6.45, 7) is 1.71. The van der Waals surface area contributed by atoms with Gasteiger partial charge in [-0.1, -0.05) is 12.1 Å². The SMILES string of the molecule is COc1cc(Nc2cc(Nc3cccc(C)c3F)n[nH]2)cc(OC)c1OC. The van der Waals surface area contributed by atoms with Gasteiger partial charge in [0.15, 0.2) is 17.3 Å². The maximum Gasteiger partial charge on any atom is 0.203 e. The average molecular weight is 372 g/mol. The second-order valence-electron chi connectivity index (χ2n) is 5.77. The Morgan fingerprint density at radius 3 is 2.30 bits per heavy atom. The van der Waals surface area contributed by atoms with Crippen molar-refractivity contribution in [3.63, 3.8) is 0 Å². The second kappa shape index (κ2) is 7.86. The molecule has 0 spiro atoms. The normalized spacial score (nSPS) is 10.4. The topological polar surface area (TPSA) is 80.4 Å². The zero-order valence-corrected chi connectivity index (χ0v) is 15.5. The minimum atomic E-state index is -0.306. The number of hydrogen-bond acceptors (Lipinski definition) is 6. The van der Waals surface area contributed by atoms with Gasteiger partial charge >= 0.3 is 0 Å². The molecule has 0 aliphatic rings. The van der Waals surface area contributed by atoms with Crippen molar-refractivity contribution in [3.8, 4) is 17.2 Å². The summed E-state index contributed by atoms with van der Waals surface area (Å²) in [4.78, 5) is 0. The van der Waals surface area contributed by atoms with Gasteiger partial charge in [-0.25, -0.2) is 4.39 Å². The van der Waals surface area contributed by atoms with Gasteiger partial charge in [0.05, 0.1) is 27.0 Å². The Labute approximate surface area is 156 Å². The highest BCUT2D eigenvalue weighted by atomic mass is 19.1. The third-order valence-electron chi connectivity index (χ3n) is 3.98. The van der Waals surface area contributed by atoms with E-state index in [4.69, 9.17) is 14.2 Å². The third-order valence-corrected chi connectivity index (χ3v) is 3.98. The van der Waals surface area contributed by atoms with Gasteiger partial charge in [0.25, 0.3) is 0 Å². The van der Waals surface area contributed by atoms with E-state index in [0.717, 1.165) is 0 Å². The molecule has 3 aromatic rings. The largest absolute Gasteiger partial charge is 0.493 e. The van der Waals surface area contributed by atoms with Gasteiger partial charge in [0, 0.05) is 23.9 Å². The molecule has 7 nitrogen and oxygen atoms in total. The molecule has 0 unspecified atom stereocenters. The van der Waals surface area contributed by atoms with E-state index in [2.05, 4.69) is 20.8 Å². The molecule has 0 amide bonds. The molecule has 0 aliphatic heterocycles. The molecule has 1 aromatic heterocycles. The molecule has 3 rings (SSSR count). The minimum absolute atomic E-state index is 0.306. The Balaban J connectivity index is 1.80. The van der Waals surface area contributed by atoms with Gasteiger partial charge in [-0.2, -0.15) is 5.10 Å². The summed E-state index contributed by atoms with van der Waals surface area (Å²) in [5, 5.41) is 13.1. The highest BCUT2D eigenvalue weighted by Gasteiger charge is 2.14. The van der Waals surface area contributed by atoms with Crippen molar-refractivity contribution in [2.75, 3.05) is 32.0 Å². The van der Waals surface area contributed by atoms with Crippen LogP contribution in [-0.2, 0) is 0 Å². The fourth-order valence-electron chi connectivity index (χ4n) is 2.64. The number of halogens is 1. The van der Waals surface area contributed by atoms with Crippen molar-refractivity contribution in [2.45, 2.75) is 6.92 Å². The molecule has 0 saturated heterocycles. The van der Waals surface area contributed by atoms with Crippen LogP contribution in [0.1, 0.15) is 5.56 Å². The molecule has 1 heterocycles. The number of aromatic amines is 1. The van der Waals surface area contributed by atoms with Gasteiger partial charge in [-0.3, -0.25) is 5.10 Å². The predicted octanol–water partition coefficient (Wildman–Crippen LogP) is 4.37. The summed E-state index contributed by atoms with van der Waals surface area (Å²) in [6.07, 6.45) is 0. The third kappa shape index (κ3) is 3.89. The molecule has 0 bridgehead atoms. The molecule has 0 saturated carbocycles. The fourth-order valence-corrected chi connectivity index (χ4v) is 2.64. The first-order chi connectivity index (χ1) is 13.0. The fraction of sp³-hybridized carbons (Fsp3) is 0.211. The van der Waals surface area contributed by atoms with E-state index in [0.29, 0.717) is 45.8 Å². The number of nitrogens with one attached hydrogen (secondary N) is 3. The Morgan fingerprint density at radius 1 is 0.963 bits per heavy atom. The molecule has 142 valence electrons. The summed E-state index contributed by atoms with van der Waals surface area (Å²) in [7, 11) is 4.65. The van der Waals surface area contributed by atoms with E-state index in [-0.39, 0.29) is 5.82 Å². The highest BCUT2D eigenvalue weighted by Crippen LogP contribution is 2.40. The molecular formula is C19H21FN4O3. The smallest absolute Gasteiger partial charge is 0.203 e. The standard InChI is InChI=1S/C19H21FN4O3/c1-11-6-5-7-13(18(11)20)22-17-10-16(23-24-17)21-12-8-14(25-2)19(27-4)15(9-12)26-3/h5-10H,1-4H3,(H3,21,22,23,24). The lowest BCUT2D eigenvalue weighted by Gasteiger charge is -2.14. The van der Waals surface area contributed by atoms with Crippen LogP contribution in [0.15, 0.2) is 36.4 Å². The summed E-state index contributed by atoms with van der Waals surface area (Å²) in [6, 6.07) is 10.4. The number of hydrogen-bond donors (Lipinski definition) is 3. The number of rotatable bonds is 7. The van der Waals surface area contributed by atoms with Crippen molar-refractivity contribution in [1.82, 2.24) is 10.2 Å². The number of nitrogens with zero attached hydrogens (tertiary/aromatic N) is 1. The summed E-state index contributed by atoms with van der Waals surface area (Å²) in [5.74, 6) is 2.35. The lowest BCUT2D eigenvalue weighted by Crippen LogP contribution is -1.98. The van der Waals surface area contributed by atoms with Crippen LogP contribution in [0.5, 0.6) is 17.2 Å². The summed E-state index contributed by atoms with van der Waals surface area (Å²) < 4.78 is 30.1. The lowest BCUT2D eigenvalue weighted by molar-refractivity contribution is 0.324. The van der Waals surface area contributed by atoms with Crippen LogP contribution in [0, 0.1) is 12.7 Å². The number of aromatic nitrogens is 2. The minimum Gasteiger partial charge on any atom is -0.493 e. The lowest BCUT2D eigenvalue weighted by atomic mass is 10.2. The van der Waals surface area contributed by atoms with Crippen LogP contribution in [0.2, 0.25) is 0 Å². The molecule has 8 heteroatoms. The van der Waals surface area contributed by atoms with E-state index in [1.54, 1.807) is 64.7 Å². The zero-order valence-electron chi connectivity index (χ0n) is 15.5. The van der Waals surface area contributed by atoms with E-state index < -0.39 is 0 Å². The average Bonchev–Trinajstić information content (AvgIpc) is 3.11. The van der Waals surface area contributed by atoms with Crippen LogP contribution in [0.4, 0.5) is 27.4 Å². The number of aryl methyl sites for hydroxylation is 1. The molecule has 2 aromatic carbocycles. The van der Waals surface area contributed by atoms with Gasteiger partial charge in [0.2, 0.25) is 5.75 Å². The first-order valence-corrected chi connectivity index (χ1v) is 8.20. The first-order valence-electron chi connectivity index (χ1n) is 8.20. The van der Waals surface area contributed by atoms with Crippen LogP contribution < -0.4 is 24.8 Å². The molecule has 0 fully saturated rings. The second-order valence-corrected chi connectivity index (χ2v) is 5.77. The van der Waals surface area contributed by atoms with Crippen LogP contribution in [0.25, 0.3) is 0 Å². The number of H-pyrrole nitrogens is 1. The number of benzene rings is 2. The Bertz CT molecular complexity index is 917. The maximum absolute atomic E-state index is 14.1. The first kappa shape index (κ1) is 18.4. The predicted molar refractivity (Wildman–Crippen MR) is 102 cm³/mol. The van der Waals surface area contributed by atoms with Gasteiger partial charge in [-0.05, 0) is 18.6 Å². The number of anilines is 4. The Hall–Kier alpha value is -3.42. The van der Waals surface area contributed by atoms with Crippen LogP contribution >= 0.6 is 0 Å². The molecule has 0 atom stereocenters. The van der Waals surface area contributed by atoms with Crippen molar-refractivity contribution < 1.29 is 18.6 Å². The van der Waals surface area contributed by atoms with Gasteiger partial charge in [0.1, 0.15) is 11.6 Å². The molecular weight excluding hydrogens is 351 g/mol. The van der Waals surface area contributed by atoms with Gasteiger partial charge < -0.3 is 24.8 Å². The van der Waals surface area contributed by atoms with Gasteiger partial charge in [-0.15, -0.1) is 0 Å². The van der Waals surface area contributed by atoms with Crippen molar-refractivity contribution in [1.29, 1.82) is 0 Å². The molecule has 27 heavy (non-hydrogen) atoms. The highest BCUT2D eigenvalue weighted by molar-refractivity contribution is 5.68. The zero-order chi connectivity index (χ0) is 19.4. The number of ether oxygens (including phenoxy) is 3. The van der Waals surface area contributed by atoms with E-state index >= 15 is 0 Å². The molecule has 0 radical (unpaired) electrons. The monoisotopic (exact) mass is 372 g/mol. The van der Waals surface area contributed by atoms with Crippen molar-refractivity contribution >= 4 is 23.0 Å². The number of methoxy groups -OCH3 is 3. The molecule has 3 N–H and O–H groups in total. The van der Waals surface area contributed by atoms with Crippen molar-refractivity contribution in [2.24, 2.45) is 0 Å². The van der Waals surface area contributed by atoms with E-state index in [1.165, 1.54) is 0 Å². The summed E-state index contributed by atoms with van der Waals surface area (Å²) >= 11 is 0. The quantitative estimate of drug-likeness (QED) is 0.571. The van der Waals surface area contributed by atoms with E-state index in [9.17, 15) is 4.39 Å². The maximum atomic E-state index is 14.1. The van der Waals surface area contributed by atoms with Crippen molar-refractivity contribution in [3.05, 3.63) is 47.8 Å². The summed E-state index contributed by atoms with van der Waals surface area (Å²) in [5.41, 5.74) is 1.63. The van der Waals surface area contributed by atoms with Crippen LogP contribution in [0.3, 0.4) is 0 Å².